The summed E-state index contributed by atoms with van der Waals surface area (Å²) in [5.41, 5.74) is 2.78. The average molecular weight is 403 g/mol. The maximum absolute atomic E-state index is 13.8. The molecule has 3 heterocycles. The van der Waals surface area contributed by atoms with Gasteiger partial charge in [0, 0.05) is 35.6 Å². The van der Waals surface area contributed by atoms with E-state index in [1.165, 1.54) is 12.1 Å². The number of aryl methyl sites for hydroxylation is 1. The third kappa shape index (κ3) is 3.69. The summed E-state index contributed by atoms with van der Waals surface area (Å²) in [4.78, 5) is 24.2. The summed E-state index contributed by atoms with van der Waals surface area (Å²) < 4.78 is 13.8. The summed E-state index contributed by atoms with van der Waals surface area (Å²) in [6.45, 7) is 4.64. The second-order valence-corrected chi connectivity index (χ2v) is 7.65. The Hall–Kier alpha value is -3.53. The van der Waals surface area contributed by atoms with Gasteiger partial charge in [0.25, 0.3) is 5.91 Å². The summed E-state index contributed by atoms with van der Waals surface area (Å²) in [5, 5.41) is 13.1. The molecule has 30 heavy (non-hydrogen) atoms. The van der Waals surface area contributed by atoms with Gasteiger partial charge in [0.2, 0.25) is 0 Å². The number of piperidine rings is 1. The predicted octanol–water partition coefficient (Wildman–Crippen LogP) is 4.71. The van der Waals surface area contributed by atoms with Gasteiger partial charge in [-0.05, 0) is 63.4 Å². The Morgan fingerprint density at radius 1 is 1.30 bits per heavy atom. The van der Waals surface area contributed by atoms with E-state index in [4.69, 9.17) is 5.26 Å². The number of carbonyl (C=O) groups excluding carboxylic acids is 1. The van der Waals surface area contributed by atoms with Crippen molar-refractivity contribution in [3.8, 4) is 6.07 Å². The highest BCUT2D eigenvalue weighted by Gasteiger charge is 2.27. The first-order chi connectivity index (χ1) is 14.5. The number of benzene rings is 1. The van der Waals surface area contributed by atoms with Gasteiger partial charge in [-0.15, -0.1) is 0 Å². The van der Waals surface area contributed by atoms with Crippen LogP contribution in [-0.2, 0) is 0 Å². The Balaban J connectivity index is 1.83. The molecule has 0 spiro atoms. The normalized spacial score (nSPS) is 16.3. The molecule has 1 atom stereocenters. The summed E-state index contributed by atoms with van der Waals surface area (Å²) in [5.74, 6) is -0.680. The van der Waals surface area contributed by atoms with Crippen LogP contribution in [0.4, 0.5) is 15.8 Å². The molecule has 1 aliphatic heterocycles. The molecule has 6 nitrogen and oxygen atoms in total. The first-order valence-electron chi connectivity index (χ1n) is 10.0. The fraction of sp³-hybridized carbons (Fsp3) is 0.304. The zero-order valence-electron chi connectivity index (χ0n) is 16.9. The fourth-order valence-corrected chi connectivity index (χ4v) is 3.86. The minimum absolute atomic E-state index is 0.0649. The molecule has 7 heteroatoms. The quantitative estimate of drug-likeness (QED) is 0.685. The van der Waals surface area contributed by atoms with Gasteiger partial charge in [-0.25, -0.2) is 14.4 Å². The maximum Gasteiger partial charge on any atom is 0.257 e. The number of nitriles is 1. The summed E-state index contributed by atoms with van der Waals surface area (Å²) in [6, 6.07) is 9.95. The first kappa shape index (κ1) is 19.8. The Kier molecular flexibility index (Phi) is 5.32. The topological polar surface area (TPSA) is 81.9 Å². The van der Waals surface area contributed by atoms with Crippen molar-refractivity contribution >= 4 is 28.3 Å². The smallest absolute Gasteiger partial charge is 0.257 e. The van der Waals surface area contributed by atoms with E-state index >= 15 is 0 Å². The predicted molar refractivity (Wildman–Crippen MR) is 113 cm³/mol. The monoisotopic (exact) mass is 403 g/mol. The largest absolute Gasteiger partial charge is 0.354 e. The molecule has 1 fully saturated rings. The van der Waals surface area contributed by atoms with Crippen LogP contribution in [0.2, 0.25) is 0 Å². The number of fused-ring (bicyclic) bond motifs is 1. The molecule has 152 valence electrons. The van der Waals surface area contributed by atoms with Gasteiger partial charge in [0.1, 0.15) is 11.9 Å². The van der Waals surface area contributed by atoms with Gasteiger partial charge in [0.05, 0.1) is 16.8 Å². The molecule has 2 aromatic heterocycles. The Labute approximate surface area is 174 Å². The van der Waals surface area contributed by atoms with Gasteiger partial charge in [0.15, 0.2) is 5.65 Å². The molecule has 0 radical (unpaired) electrons. The zero-order valence-corrected chi connectivity index (χ0v) is 16.9. The highest BCUT2D eigenvalue weighted by Crippen LogP contribution is 2.31. The van der Waals surface area contributed by atoms with Gasteiger partial charge in [-0.2, -0.15) is 5.26 Å². The van der Waals surface area contributed by atoms with Crippen LogP contribution in [-0.4, -0.2) is 33.4 Å². The number of carbonyl (C=O) groups is 1. The number of hydrogen-bond acceptors (Lipinski definition) is 5. The highest BCUT2D eigenvalue weighted by molar-refractivity contribution is 6.07. The molecule has 1 aromatic carbocycles. The van der Waals surface area contributed by atoms with Crippen LogP contribution in [0.5, 0.6) is 0 Å². The van der Waals surface area contributed by atoms with Crippen molar-refractivity contribution in [1.29, 1.82) is 5.26 Å². The zero-order chi connectivity index (χ0) is 21.3. The number of halogens is 1. The second kappa shape index (κ2) is 8.07. The molecule has 0 unspecified atom stereocenters. The minimum Gasteiger partial charge on any atom is -0.354 e. The number of pyridine rings is 2. The molecule has 1 aliphatic rings. The van der Waals surface area contributed by atoms with Gasteiger partial charge in [-0.1, -0.05) is 0 Å². The molecule has 1 saturated heterocycles. The van der Waals surface area contributed by atoms with Gasteiger partial charge < -0.3 is 10.2 Å². The van der Waals surface area contributed by atoms with E-state index in [0.717, 1.165) is 25.0 Å². The molecular weight excluding hydrogens is 381 g/mol. The lowest BCUT2D eigenvalue weighted by Gasteiger charge is -2.34. The molecule has 4 rings (SSSR count). The Bertz CT molecular complexity index is 1170. The molecule has 3 aromatic rings. The van der Waals surface area contributed by atoms with Gasteiger partial charge >= 0.3 is 0 Å². The van der Waals surface area contributed by atoms with E-state index in [2.05, 4.69) is 22.2 Å². The van der Waals surface area contributed by atoms with Crippen LogP contribution in [0.3, 0.4) is 0 Å². The van der Waals surface area contributed by atoms with Crippen molar-refractivity contribution in [1.82, 2.24) is 14.9 Å². The third-order valence-electron chi connectivity index (χ3n) is 5.52. The van der Waals surface area contributed by atoms with E-state index in [0.29, 0.717) is 34.5 Å². The number of rotatable bonds is 3. The SMILES string of the molecule is Cc1ccc2c(Nc3ccc(F)c(C#N)c3)c(C(=O)N3CCCC[C@H]3C)cnc2n1. The van der Waals surface area contributed by atoms with Crippen LogP contribution >= 0.6 is 0 Å². The Morgan fingerprint density at radius 2 is 2.13 bits per heavy atom. The molecule has 1 N–H and O–H groups in total. The van der Waals surface area contributed by atoms with Crippen molar-refractivity contribution in [2.45, 2.75) is 39.2 Å². The number of aromatic nitrogens is 2. The van der Waals surface area contributed by atoms with Crippen LogP contribution < -0.4 is 5.32 Å². The standard InChI is InChI=1S/C23H22FN5O/c1-14-6-8-18-21(28-17-7-9-20(24)16(11-17)12-25)19(13-26-22(18)27-14)23(30)29-10-4-3-5-15(29)2/h6-9,11,13,15H,3-5,10H2,1-2H3,(H,26,27,28)/t15-/m1/s1. The van der Waals surface area contributed by atoms with Crippen LogP contribution in [0.15, 0.2) is 36.5 Å². The van der Waals surface area contributed by atoms with E-state index < -0.39 is 5.82 Å². The molecular formula is C23H22FN5O. The van der Waals surface area contributed by atoms with Crippen molar-refractivity contribution < 1.29 is 9.18 Å². The minimum atomic E-state index is -0.585. The number of nitrogens with zero attached hydrogens (tertiary/aromatic N) is 4. The third-order valence-corrected chi connectivity index (χ3v) is 5.52. The highest BCUT2D eigenvalue weighted by atomic mass is 19.1. The second-order valence-electron chi connectivity index (χ2n) is 7.65. The summed E-state index contributed by atoms with van der Waals surface area (Å²) in [6.07, 6.45) is 4.61. The summed E-state index contributed by atoms with van der Waals surface area (Å²) in [7, 11) is 0. The Morgan fingerprint density at radius 3 is 2.90 bits per heavy atom. The van der Waals surface area contributed by atoms with Crippen molar-refractivity contribution in [3.63, 3.8) is 0 Å². The average Bonchev–Trinajstić information content (AvgIpc) is 2.75. The first-order valence-corrected chi connectivity index (χ1v) is 10.0. The van der Waals surface area contributed by atoms with Gasteiger partial charge in [-0.3, -0.25) is 4.79 Å². The molecule has 0 aliphatic carbocycles. The van der Waals surface area contributed by atoms with Crippen molar-refractivity contribution in [2.75, 3.05) is 11.9 Å². The van der Waals surface area contributed by atoms with E-state index in [1.54, 1.807) is 12.3 Å². The number of nitrogens with one attached hydrogen (secondary N) is 1. The lowest BCUT2D eigenvalue weighted by Crippen LogP contribution is -2.42. The molecule has 1 amide bonds. The van der Waals surface area contributed by atoms with Crippen molar-refractivity contribution in [3.05, 3.63) is 59.2 Å². The lowest BCUT2D eigenvalue weighted by atomic mass is 10.0. The van der Waals surface area contributed by atoms with E-state index in [-0.39, 0.29) is 17.5 Å². The lowest BCUT2D eigenvalue weighted by molar-refractivity contribution is 0.0636. The van der Waals surface area contributed by atoms with Crippen LogP contribution in [0, 0.1) is 24.1 Å². The van der Waals surface area contributed by atoms with E-state index in [1.807, 2.05) is 30.0 Å². The number of likely N-dealkylation sites (tertiary alicyclic amines) is 1. The number of amides is 1. The summed E-state index contributed by atoms with van der Waals surface area (Å²) >= 11 is 0. The van der Waals surface area contributed by atoms with Crippen LogP contribution in [0.1, 0.15) is 47.8 Å². The van der Waals surface area contributed by atoms with E-state index in [9.17, 15) is 9.18 Å². The molecule has 0 saturated carbocycles. The molecule has 0 bridgehead atoms. The maximum atomic E-state index is 13.8. The number of anilines is 2. The van der Waals surface area contributed by atoms with Crippen molar-refractivity contribution in [2.24, 2.45) is 0 Å². The number of hydrogen-bond donors (Lipinski definition) is 1. The van der Waals surface area contributed by atoms with Crippen LogP contribution in [0.25, 0.3) is 11.0 Å². The fourth-order valence-electron chi connectivity index (χ4n) is 3.86.